The zero-order valence-corrected chi connectivity index (χ0v) is 17.4. The number of rotatable bonds is 4. The molecule has 0 spiro atoms. The van der Waals surface area contributed by atoms with Gasteiger partial charge in [-0.25, -0.2) is 15.0 Å². The lowest BCUT2D eigenvalue weighted by atomic mass is 9.91. The van der Waals surface area contributed by atoms with Gasteiger partial charge in [0, 0.05) is 23.5 Å². The first kappa shape index (κ1) is 19.2. The number of nitrogens with two attached hydrogens (primary N) is 1. The Bertz CT molecular complexity index is 1000. The van der Waals surface area contributed by atoms with Crippen molar-refractivity contribution in [1.82, 2.24) is 15.0 Å². The molecule has 0 unspecified atom stereocenters. The Hall–Kier alpha value is -2.09. The van der Waals surface area contributed by atoms with Gasteiger partial charge in [-0.15, -0.1) is 0 Å². The van der Waals surface area contributed by atoms with Gasteiger partial charge in [0.1, 0.15) is 22.1 Å². The molecule has 4 rings (SSSR count). The van der Waals surface area contributed by atoms with Gasteiger partial charge >= 0.3 is 0 Å². The first-order chi connectivity index (χ1) is 13.4. The molecule has 3 aromatic rings. The van der Waals surface area contributed by atoms with Gasteiger partial charge in [0.25, 0.3) is 0 Å². The number of hydrogen-bond acceptors (Lipinski definition) is 7. The van der Waals surface area contributed by atoms with Gasteiger partial charge < -0.3 is 15.4 Å². The smallest absolute Gasteiger partial charge is 0.179 e. The Balaban J connectivity index is 1.56. The molecule has 146 valence electrons. The van der Waals surface area contributed by atoms with Crippen molar-refractivity contribution < 1.29 is 4.74 Å². The standard InChI is InChI=1S/C20H22ClN5OS/c1-20(22)8-10-26(11-9-20)16-12-23-19-13(24-16)6-7-17(25-19)28-15-5-3-4-14(27-2)18(15)21/h3-7,12H,8-11,22H2,1-2H3. The maximum atomic E-state index is 6.39. The van der Waals surface area contributed by atoms with Crippen LogP contribution in [-0.4, -0.2) is 40.7 Å². The molecule has 0 atom stereocenters. The largest absolute Gasteiger partial charge is 0.495 e. The number of ether oxygens (including phenoxy) is 1. The van der Waals surface area contributed by atoms with Gasteiger partial charge in [-0.3, -0.25) is 0 Å². The van der Waals surface area contributed by atoms with E-state index >= 15 is 0 Å². The Kier molecular flexibility index (Phi) is 5.31. The number of benzene rings is 1. The van der Waals surface area contributed by atoms with Crippen molar-refractivity contribution in [3.8, 4) is 5.75 Å². The Morgan fingerprint density at radius 3 is 2.71 bits per heavy atom. The molecular weight excluding hydrogens is 394 g/mol. The summed E-state index contributed by atoms with van der Waals surface area (Å²) in [6.45, 7) is 3.89. The minimum absolute atomic E-state index is 0.0875. The minimum Gasteiger partial charge on any atom is -0.495 e. The summed E-state index contributed by atoms with van der Waals surface area (Å²) in [5, 5.41) is 1.39. The molecule has 0 aliphatic carbocycles. The number of hydrogen-bond donors (Lipinski definition) is 1. The molecule has 2 N–H and O–H groups in total. The maximum absolute atomic E-state index is 6.39. The van der Waals surface area contributed by atoms with E-state index in [1.165, 1.54) is 11.8 Å². The van der Waals surface area contributed by atoms with Gasteiger partial charge in [-0.05, 0) is 44.0 Å². The molecule has 0 amide bonds. The lowest BCUT2D eigenvalue weighted by Gasteiger charge is -2.37. The third-order valence-corrected chi connectivity index (χ3v) is 6.46. The summed E-state index contributed by atoms with van der Waals surface area (Å²) in [5.74, 6) is 1.52. The Morgan fingerprint density at radius 1 is 1.18 bits per heavy atom. The van der Waals surface area contributed by atoms with E-state index in [-0.39, 0.29) is 5.54 Å². The van der Waals surface area contributed by atoms with Crippen LogP contribution in [0.3, 0.4) is 0 Å². The summed E-state index contributed by atoms with van der Waals surface area (Å²) < 4.78 is 5.28. The lowest BCUT2D eigenvalue weighted by Crippen LogP contribution is -2.48. The summed E-state index contributed by atoms with van der Waals surface area (Å²) in [5.41, 5.74) is 7.53. The summed E-state index contributed by atoms with van der Waals surface area (Å²) in [6.07, 6.45) is 3.69. The second-order valence-corrected chi connectivity index (χ2v) is 8.68. The number of anilines is 1. The predicted molar refractivity (Wildman–Crippen MR) is 113 cm³/mol. The highest BCUT2D eigenvalue weighted by atomic mass is 35.5. The fraction of sp³-hybridized carbons (Fsp3) is 0.350. The van der Waals surface area contributed by atoms with E-state index in [1.54, 1.807) is 13.3 Å². The molecule has 1 aromatic carbocycles. The molecule has 0 bridgehead atoms. The van der Waals surface area contributed by atoms with Crippen molar-refractivity contribution in [2.24, 2.45) is 5.73 Å². The monoisotopic (exact) mass is 415 g/mol. The average Bonchev–Trinajstić information content (AvgIpc) is 2.69. The Labute approximate surface area is 173 Å². The topological polar surface area (TPSA) is 77.2 Å². The van der Waals surface area contributed by atoms with Crippen molar-refractivity contribution in [3.63, 3.8) is 0 Å². The van der Waals surface area contributed by atoms with Crippen LogP contribution in [0, 0.1) is 0 Å². The summed E-state index contributed by atoms with van der Waals surface area (Å²) in [4.78, 5) is 17.0. The molecule has 3 heterocycles. The average molecular weight is 416 g/mol. The number of nitrogens with zero attached hydrogens (tertiary/aromatic N) is 4. The third kappa shape index (κ3) is 4.01. The van der Waals surface area contributed by atoms with E-state index in [0.717, 1.165) is 47.2 Å². The third-order valence-electron chi connectivity index (χ3n) is 4.96. The summed E-state index contributed by atoms with van der Waals surface area (Å²) >= 11 is 7.86. The summed E-state index contributed by atoms with van der Waals surface area (Å²) in [6, 6.07) is 9.57. The van der Waals surface area contributed by atoms with Gasteiger partial charge in [0.05, 0.1) is 18.3 Å². The van der Waals surface area contributed by atoms with Gasteiger partial charge in [0.2, 0.25) is 0 Å². The number of piperidine rings is 1. The van der Waals surface area contributed by atoms with Crippen molar-refractivity contribution in [2.45, 2.75) is 35.2 Å². The van der Waals surface area contributed by atoms with E-state index in [0.29, 0.717) is 16.4 Å². The molecular formula is C20H22ClN5OS. The van der Waals surface area contributed by atoms with E-state index < -0.39 is 0 Å². The second-order valence-electron chi connectivity index (χ2n) is 7.24. The predicted octanol–water partition coefficient (Wildman–Crippen LogP) is 4.16. The van der Waals surface area contributed by atoms with E-state index in [9.17, 15) is 0 Å². The molecule has 1 saturated heterocycles. The van der Waals surface area contributed by atoms with Crippen molar-refractivity contribution in [1.29, 1.82) is 0 Å². The molecule has 2 aromatic heterocycles. The van der Waals surface area contributed by atoms with E-state index in [2.05, 4.69) is 21.8 Å². The molecule has 28 heavy (non-hydrogen) atoms. The molecule has 6 nitrogen and oxygen atoms in total. The zero-order chi connectivity index (χ0) is 19.7. The highest BCUT2D eigenvalue weighted by Crippen LogP contribution is 2.38. The van der Waals surface area contributed by atoms with Crippen LogP contribution in [0.1, 0.15) is 19.8 Å². The fourth-order valence-corrected chi connectivity index (χ4v) is 4.32. The van der Waals surface area contributed by atoms with Crippen molar-refractivity contribution >= 4 is 40.3 Å². The highest BCUT2D eigenvalue weighted by Gasteiger charge is 2.26. The number of halogens is 1. The van der Waals surface area contributed by atoms with Gasteiger partial charge in [0.15, 0.2) is 5.65 Å². The van der Waals surface area contributed by atoms with Crippen molar-refractivity contribution in [3.05, 3.63) is 41.6 Å². The van der Waals surface area contributed by atoms with Crippen LogP contribution in [0.15, 0.2) is 46.5 Å². The molecule has 0 radical (unpaired) electrons. The van der Waals surface area contributed by atoms with Crippen LogP contribution in [0.4, 0.5) is 5.82 Å². The number of aromatic nitrogens is 3. The highest BCUT2D eigenvalue weighted by molar-refractivity contribution is 7.99. The van der Waals surface area contributed by atoms with Crippen LogP contribution < -0.4 is 15.4 Å². The number of pyridine rings is 1. The van der Waals surface area contributed by atoms with Crippen LogP contribution in [0.5, 0.6) is 5.75 Å². The van der Waals surface area contributed by atoms with Crippen LogP contribution in [-0.2, 0) is 0 Å². The van der Waals surface area contributed by atoms with E-state index in [1.807, 2.05) is 30.3 Å². The van der Waals surface area contributed by atoms with Gasteiger partial charge in [-0.1, -0.05) is 29.4 Å². The second kappa shape index (κ2) is 7.73. The molecule has 0 saturated carbocycles. The zero-order valence-electron chi connectivity index (χ0n) is 15.9. The maximum Gasteiger partial charge on any atom is 0.179 e. The molecule has 8 heteroatoms. The Morgan fingerprint density at radius 2 is 1.96 bits per heavy atom. The van der Waals surface area contributed by atoms with Crippen LogP contribution in [0.2, 0.25) is 5.02 Å². The molecule has 1 aliphatic rings. The lowest BCUT2D eigenvalue weighted by molar-refractivity contribution is 0.363. The fourth-order valence-electron chi connectivity index (χ4n) is 3.17. The normalized spacial score (nSPS) is 16.4. The molecule has 1 fully saturated rings. The molecule has 1 aliphatic heterocycles. The SMILES string of the molecule is COc1cccc(Sc2ccc3nc(N4CCC(C)(N)CC4)cnc3n2)c1Cl. The van der Waals surface area contributed by atoms with Crippen LogP contribution >= 0.6 is 23.4 Å². The number of methoxy groups -OCH3 is 1. The first-order valence-corrected chi connectivity index (χ1v) is 10.3. The van der Waals surface area contributed by atoms with Crippen LogP contribution in [0.25, 0.3) is 11.2 Å². The van der Waals surface area contributed by atoms with Crippen molar-refractivity contribution in [2.75, 3.05) is 25.1 Å². The minimum atomic E-state index is -0.0875. The van der Waals surface area contributed by atoms with E-state index in [4.69, 9.17) is 27.1 Å². The first-order valence-electron chi connectivity index (χ1n) is 9.13. The quantitative estimate of drug-likeness (QED) is 0.685. The number of fused-ring (bicyclic) bond motifs is 1. The van der Waals surface area contributed by atoms with Gasteiger partial charge in [-0.2, -0.15) is 0 Å². The summed E-state index contributed by atoms with van der Waals surface area (Å²) in [7, 11) is 1.60.